The summed E-state index contributed by atoms with van der Waals surface area (Å²) in [5.41, 5.74) is -1.54. The van der Waals surface area contributed by atoms with E-state index in [4.69, 9.17) is 10.2 Å². The summed E-state index contributed by atoms with van der Waals surface area (Å²) in [5.74, 6) is -1.17. The van der Waals surface area contributed by atoms with Crippen molar-refractivity contribution in [2.45, 2.75) is 65.4 Å². The number of carboxylic acid groups (broad SMARTS) is 1. The topological polar surface area (TPSA) is 57.5 Å². The average molecular weight is 204 g/mol. The van der Waals surface area contributed by atoms with Gasteiger partial charge in [0.15, 0.2) is 5.60 Å². The largest absolute Gasteiger partial charge is 0.479 e. The number of unbranched alkanes of at least 4 members (excludes halogenated alkanes) is 3. The zero-order valence-corrected chi connectivity index (χ0v) is 9.84. The van der Waals surface area contributed by atoms with Gasteiger partial charge in [-0.15, -0.1) is 0 Å². The maximum absolute atomic E-state index is 10.0. The number of aliphatic carboxylic acids is 1. The first kappa shape index (κ1) is 15.9. The molecule has 3 nitrogen and oxygen atoms in total. The number of carbonyl (C=O) groups is 1. The van der Waals surface area contributed by atoms with Gasteiger partial charge in [-0.1, -0.05) is 46.5 Å². The van der Waals surface area contributed by atoms with Crippen LogP contribution in [0.5, 0.6) is 0 Å². The van der Waals surface area contributed by atoms with E-state index in [1.54, 1.807) is 6.92 Å². The number of carboxylic acids is 1. The molecule has 0 spiro atoms. The Kier molecular flexibility index (Phi) is 10.2. The zero-order valence-electron chi connectivity index (χ0n) is 9.84. The monoisotopic (exact) mass is 204 g/mol. The Labute approximate surface area is 87.1 Å². The highest BCUT2D eigenvalue weighted by molar-refractivity contribution is 5.76. The Bertz CT molecular complexity index is 137. The Morgan fingerprint density at radius 1 is 1.14 bits per heavy atom. The zero-order chi connectivity index (χ0) is 11.6. The molecule has 0 aromatic carbocycles. The molecular weight excluding hydrogens is 180 g/mol. The summed E-state index contributed by atoms with van der Waals surface area (Å²) in [4.78, 5) is 10.0. The van der Waals surface area contributed by atoms with Crippen molar-refractivity contribution >= 4 is 5.97 Å². The van der Waals surface area contributed by atoms with E-state index in [2.05, 4.69) is 13.8 Å². The van der Waals surface area contributed by atoms with Crippen molar-refractivity contribution < 1.29 is 15.0 Å². The standard InChI is InChI=1S/C6H14.C5H10O3/c1-3-5-6-4-2;1-3-5(2,8)4(6)7/h3-6H2,1-2H3;8H,3H2,1-2H3,(H,6,7). The summed E-state index contributed by atoms with van der Waals surface area (Å²) >= 11 is 0. The molecule has 0 aliphatic carbocycles. The van der Waals surface area contributed by atoms with Gasteiger partial charge < -0.3 is 10.2 Å². The van der Waals surface area contributed by atoms with E-state index in [9.17, 15) is 4.79 Å². The molecule has 86 valence electrons. The first-order chi connectivity index (χ1) is 6.42. The lowest BCUT2D eigenvalue weighted by Gasteiger charge is -2.13. The molecule has 0 aliphatic rings. The molecule has 2 N–H and O–H groups in total. The van der Waals surface area contributed by atoms with Crippen LogP contribution in [0.4, 0.5) is 0 Å². The fourth-order valence-electron chi connectivity index (χ4n) is 0.651. The number of rotatable bonds is 5. The maximum atomic E-state index is 10.0. The molecule has 0 bridgehead atoms. The summed E-state index contributed by atoms with van der Waals surface area (Å²) in [5, 5.41) is 17.0. The predicted octanol–water partition coefficient (Wildman–Crippen LogP) is 2.82. The fraction of sp³-hybridized carbons (Fsp3) is 0.909. The van der Waals surface area contributed by atoms with Gasteiger partial charge in [0.25, 0.3) is 0 Å². The normalized spacial score (nSPS) is 13.8. The van der Waals surface area contributed by atoms with Gasteiger partial charge in [0.2, 0.25) is 0 Å². The second-order valence-electron chi connectivity index (χ2n) is 3.64. The van der Waals surface area contributed by atoms with Crippen molar-refractivity contribution in [3.8, 4) is 0 Å². The van der Waals surface area contributed by atoms with E-state index in [0.717, 1.165) is 0 Å². The van der Waals surface area contributed by atoms with Gasteiger partial charge in [-0.05, 0) is 13.3 Å². The van der Waals surface area contributed by atoms with Crippen LogP contribution in [-0.2, 0) is 4.79 Å². The summed E-state index contributed by atoms with van der Waals surface area (Å²) in [6, 6.07) is 0. The molecule has 0 amide bonds. The Morgan fingerprint density at radius 3 is 1.57 bits per heavy atom. The van der Waals surface area contributed by atoms with Crippen molar-refractivity contribution in [2.75, 3.05) is 0 Å². The molecule has 0 fully saturated rings. The van der Waals surface area contributed by atoms with Crippen molar-refractivity contribution in [1.29, 1.82) is 0 Å². The molecular formula is C11H24O3. The van der Waals surface area contributed by atoms with Crippen LogP contribution in [0.3, 0.4) is 0 Å². The summed E-state index contributed by atoms with van der Waals surface area (Å²) < 4.78 is 0. The molecule has 14 heavy (non-hydrogen) atoms. The van der Waals surface area contributed by atoms with Gasteiger partial charge in [0.05, 0.1) is 0 Å². The highest BCUT2D eigenvalue weighted by atomic mass is 16.4. The first-order valence-corrected chi connectivity index (χ1v) is 5.38. The number of hydrogen-bond donors (Lipinski definition) is 2. The van der Waals surface area contributed by atoms with Crippen molar-refractivity contribution in [2.24, 2.45) is 0 Å². The lowest BCUT2D eigenvalue weighted by Crippen LogP contribution is -2.33. The van der Waals surface area contributed by atoms with E-state index in [1.165, 1.54) is 32.6 Å². The molecule has 0 aromatic rings. The molecule has 3 heteroatoms. The summed E-state index contributed by atoms with van der Waals surface area (Å²) in [6.45, 7) is 7.36. The third kappa shape index (κ3) is 9.52. The van der Waals surface area contributed by atoms with E-state index < -0.39 is 11.6 Å². The van der Waals surface area contributed by atoms with Crippen LogP contribution in [0.2, 0.25) is 0 Å². The van der Waals surface area contributed by atoms with Gasteiger partial charge >= 0.3 is 5.97 Å². The second kappa shape index (κ2) is 9.00. The number of hydrogen-bond acceptors (Lipinski definition) is 2. The quantitative estimate of drug-likeness (QED) is 0.677. The van der Waals surface area contributed by atoms with Crippen LogP contribution in [0, 0.1) is 0 Å². The summed E-state index contributed by atoms with van der Waals surface area (Å²) in [6.07, 6.45) is 5.77. The van der Waals surface area contributed by atoms with Gasteiger partial charge in [-0.25, -0.2) is 4.79 Å². The van der Waals surface area contributed by atoms with E-state index in [1.807, 2.05) is 0 Å². The molecule has 0 heterocycles. The summed E-state index contributed by atoms with van der Waals surface area (Å²) in [7, 11) is 0. The first-order valence-electron chi connectivity index (χ1n) is 5.38. The average Bonchev–Trinajstić information content (AvgIpc) is 2.15. The lowest BCUT2D eigenvalue weighted by molar-refractivity contribution is -0.156. The third-order valence-corrected chi connectivity index (χ3v) is 2.11. The molecule has 0 rings (SSSR count). The van der Waals surface area contributed by atoms with Crippen molar-refractivity contribution in [3.05, 3.63) is 0 Å². The van der Waals surface area contributed by atoms with Crippen molar-refractivity contribution in [3.63, 3.8) is 0 Å². The maximum Gasteiger partial charge on any atom is 0.335 e. The van der Waals surface area contributed by atoms with E-state index in [0.29, 0.717) is 0 Å². The molecule has 1 atom stereocenters. The minimum absolute atomic E-state index is 0.238. The number of aliphatic hydroxyl groups is 1. The Balaban J connectivity index is 0. The van der Waals surface area contributed by atoms with Crippen LogP contribution in [0.15, 0.2) is 0 Å². The highest BCUT2D eigenvalue weighted by Crippen LogP contribution is 2.06. The van der Waals surface area contributed by atoms with Gasteiger partial charge in [0.1, 0.15) is 0 Å². The smallest absolute Gasteiger partial charge is 0.335 e. The fourth-order valence-corrected chi connectivity index (χ4v) is 0.651. The molecule has 0 saturated heterocycles. The minimum atomic E-state index is -1.54. The second-order valence-corrected chi connectivity index (χ2v) is 3.64. The van der Waals surface area contributed by atoms with E-state index >= 15 is 0 Å². The van der Waals surface area contributed by atoms with Crippen LogP contribution in [0.1, 0.15) is 59.8 Å². The molecule has 0 saturated carbocycles. The molecule has 0 radical (unpaired) electrons. The SMILES string of the molecule is CCC(C)(O)C(=O)O.CCCCCC. The Morgan fingerprint density at radius 2 is 1.50 bits per heavy atom. The molecule has 1 unspecified atom stereocenters. The van der Waals surface area contributed by atoms with Crippen molar-refractivity contribution in [1.82, 2.24) is 0 Å². The van der Waals surface area contributed by atoms with E-state index in [-0.39, 0.29) is 6.42 Å². The van der Waals surface area contributed by atoms with Crippen LogP contribution in [0.25, 0.3) is 0 Å². The van der Waals surface area contributed by atoms with Crippen LogP contribution in [-0.4, -0.2) is 21.8 Å². The van der Waals surface area contributed by atoms with Crippen LogP contribution >= 0.6 is 0 Å². The Hall–Kier alpha value is -0.570. The van der Waals surface area contributed by atoms with Gasteiger partial charge in [-0.3, -0.25) is 0 Å². The third-order valence-electron chi connectivity index (χ3n) is 2.11. The van der Waals surface area contributed by atoms with Gasteiger partial charge in [-0.2, -0.15) is 0 Å². The van der Waals surface area contributed by atoms with Crippen LogP contribution < -0.4 is 0 Å². The predicted molar refractivity (Wildman–Crippen MR) is 58.4 cm³/mol. The molecule has 0 aromatic heterocycles. The lowest BCUT2D eigenvalue weighted by atomic mass is 10.1. The highest BCUT2D eigenvalue weighted by Gasteiger charge is 2.26. The molecule has 0 aliphatic heterocycles. The minimum Gasteiger partial charge on any atom is -0.479 e. The van der Waals surface area contributed by atoms with Gasteiger partial charge in [0, 0.05) is 0 Å².